The number of para-hydroxylation sites is 1. The highest BCUT2D eigenvalue weighted by Gasteiger charge is 2.16. The molecule has 1 amide bonds. The van der Waals surface area contributed by atoms with Gasteiger partial charge >= 0.3 is 0 Å². The van der Waals surface area contributed by atoms with E-state index >= 15 is 0 Å². The number of rotatable bonds is 5. The maximum Gasteiger partial charge on any atom is 0.264 e. The molecule has 2 heterocycles. The van der Waals surface area contributed by atoms with Gasteiger partial charge in [0.1, 0.15) is 11.5 Å². The Labute approximate surface area is 176 Å². The lowest BCUT2D eigenvalue weighted by atomic mass is 10.2. The number of carbonyl (C=O) groups is 1. The Kier molecular flexibility index (Phi) is 5.32. The van der Waals surface area contributed by atoms with Crippen LogP contribution in [-0.4, -0.2) is 25.9 Å². The maximum atomic E-state index is 12.7. The molecule has 0 aliphatic rings. The molecule has 4 aromatic rings. The number of benzene rings is 2. The molecule has 0 atom stereocenters. The number of ether oxygens (including phenoxy) is 1. The summed E-state index contributed by atoms with van der Waals surface area (Å²) in [4.78, 5) is 23.8. The minimum absolute atomic E-state index is 0.316. The number of aromatic amines is 1. The molecule has 4 rings (SSSR count). The van der Waals surface area contributed by atoms with Crippen molar-refractivity contribution in [3.05, 3.63) is 93.5 Å². The first kappa shape index (κ1) is 19.4. The largest absolute Gasteiger partial charge is 0.456 e. The van der Waals surface area contributed by atoms with Gasteiger partial charge in [0.05, 0.1) is 22.5 Å². The van der Waals surface area contributed by atoms with Gasteiger partial charge in [0, 0.05) is 11.8 Å². The second-order valence-electron chi connectivity index (χ2n) is 6.35. The molecular weight excluding hydrogens is 406 g/mol. The monoisotopic (exact) mass is 421 g/mol. The van der Waals surface area contributed by atoms with Gasteiger partial charge in [0.25, 0.3) is 11.5 Å². The lowest BCUT2D eigenvalue weighted by molar-refractivity contribution is 0.102. The number of H-pyrrole nitrogens is 1. The highest BCUT2D eigenvalue weighted by atomic mass is 35.5. The third kappa shape index (κ3) is 4.08. The van der Waals surface area contributed by atoms with Gasteiger partial charge in [-0.15, -0.1) is 0 Å². The predicted molar refractivity (Wildman–Crippen MR) is 113 cm³/mol. The van der Waals surface area contributed by atoms with Gasteiger partial charge in [-0.1, -0.05) is 23.7 Å². The molecule has 2 aromatic heterocycles. The molecule has 0 fully saturated rings. The molecule has 2 aromatic carbocycles. The van der Waals surface area contributed by atoms with Crippen molar-refractivity contribution >= 4 is 23.2 Å². The van der Waals surface area contributed by atoms with Gasteiger partial charge in [0.15, 0.2) is 5.82 Å². The van der Waals surface area contributed by atoms with Crippen LogP contribution in [0.1, 0.15) is 16.1 Å². The summed E-state index contributed by atoms with van der Waals surface area (Å²) in [5.74, 6) is 1.24. The summed E-state index contributed by atoms with van der Waals surface area (Å²) in [6, 6.07) is 17.0. The number of nitrogens with one attached hydrogen (secondary N) is 2. The van der Waals surface area contributed by atoms with E-state index in [0.29, 0.717) is 39.3 Å². The van der Waals surface area contributed by atoms with E-state index in [2.05, 4.69) is 20.6 Å². The third-order valence-corrected chi connectivity index (χ3v) is 4.62. The predicted octanol–water partition coefficient (Wildman–Crippen LogP) is 3.96. The SMILES string of the molecule is Cc1c(C(=O)Nc2ccc(Oc3ccccc3Cl)cc2)cnn1-c1ccc(=O)[nH]n1. The quantitative estimate of drug-likeness (QED) is 0.507. The van der Waals surface area contributed by atoms with E-state index in [-0.39, 0.29) is 11.5 Å². The smallest absolute Gasteiger partial charge is 0.264 e. The van der Waals surface area contributed by atoms with Gasteiger partial charge in [-0.2, -0.15) is 10.2 Å². The Hall–Kier alpha value is -3.91. The zero-order chi connectivity index (χ0) is 21.1. The summed E-state index contributed by atoms with van der Waals surface area (Å²) in [5.41, 5.74) is 1.26. The number of halogens is 1. The van der Waals surface area contributed by atoms with Crippen LogP contribution in [-0.2, 0) is 0 Å². The van der Waals surface area contributed by atoms with Crippen LogP contribution >= 0.6 is 11.6 Å². The van der Waals surface area contributed by atoms with Gasteiger partial charge < -0.3 is 10.1 Å². The average molecular weight is 422 g/mol. The molecule has 0 radical (unpaired) electrons. The first-order valence-corrected chi connectivity index (χ1v) is 9.33. The van der Waals surface area contributed by atoms with E-state index in [9.17, 15) is 9.59 Å². The molecule has 150 valence electrons. The van der Waals surface area contributed by atoms with Crippen molar-refractivity contribution in [2.75, 3.05) is 5.32 Å². The van der Waals surface area contributed by atoms with Crippen LogP contribution < -0.4 is 15.6 Å². The first-order chi connectivity index (χ1) is 14.5. The second-order valence-corrected chi connectivity index (χ2v) is 6.75. The molecule has 9 heteroatoms. The molecule has 2 N–H and O–H groups in total. The van der Waals surface area contributed by atoms with Gasteiger partial charge in [0.2, 0.25) is 0 Å². The highest BCUT2D eigenvalue weighted by molar-refractivity contribution is 6.32. The molecule has 8 nitrogen and oxygen atoms in total. The summed E-state index contributed by atoms with van der Waals surface area (Å²) in [5, 5.41) is 13.8. The fourth-order valence-corrected chi connectivity index (χ4v) is 2.95. The van der Waals surface area contributed by atoms with Gasteiger partial charge in [-0.25, -0.2) is 9.78 Å². The fourth-order valence-electron chi connectivity index (χ4n) is 2.78. The molecular formula is C21H16ClN5O3. The average Bonchev–Trinajstić information content (AvgIpc) is 3.13. The Morgan fingerprint density at radius 1 is 1.10 bits per heavy atom. The third-order valence-electron chi connectivity index (χ3n) is 4.31. The Morgan fingerprint density at radius 2 is 1.87 bits per heavy atom. The van der Waals surface area contributed by atoms with E-state index in [1.807, 2.05) is 12.1 Å². The number of anilines is 1. The molecule has 0 saturated heterocycles. The number of aromatic nitrogens is 4. The number of amides is 1. The first-order valence-electron chi connectivity index (χ1n) is 8.96. The molecule has 0 bridgehead atoms. The van der Waals surface area contributed by atoms with Crippen LogP contribution in [0.5, 0.6) is 11.5 Å². The molecule has 0 unspecified atom stereocenters. The molecule has 30 heavy (non-hydrogen) atoms. The van der Waals surface area contributed by atoms with Crippen molar-refractivity contribution in [3.63, 3.8) is 0 Å². The molecule has 0 saturated carbocycles. The number of nitrogens with zero attached hydrogens (tertiary/aromatic N) is 3. The lowest BCUT2D eigenvalue weighted by Crippen LogP contribution is -2.14. The Bertz CT molecular complexity index is 1240. The zero-order valence-electron chi connectivity index (χ0n) is 15.8. The van der Waals surface area contributed by atoms with Crippen molar-refractivity contribution in [2.45, 2.75) is 6.92 Å². The van der Waals surface area contributed by atoms with Crippen LogP contribution in [0.3, 0.4) is 0 Å². The number of hydrogen-bond acceptors (Lipinski definition) is 5. The summed E-state index contributed by atoms with van der Waals surface area (Å²) >= 11 is 6.10. The molecule has 0 aliphatic carbocycles. The summed E-state index contributed by atoms with van der Waals surface area (Å²) < 4.78 is 7.22. The zero-order valence-corrected chi connectivity index (χ0v) is 16.6. The minimum Gasteiger partial charge on any atom is -0.456 e. The van der Waals surface area contributed by atoms with Gasteiger partial charge in [-0.05, 0) is 49.4 Å². The van der Waals surface area contributed by atoms with Crippen molar-refractivity contribution in [1.82, 2.24) is 20.0 Å². The normalized spacial score (nSPS) is 10.6. The molecule has 0 spiro atoms. The van der Waals surface area contributed by atoms with E-state index in [0.717, 1.165) is 0 Å². The van der Waals surface area contributed by atoms with Crippen LogP contribution in [0.25, 0.3) is 5.82 Å². The highest BCUT2D eigenvalue weighted by Crippen LogP contribution is 2.29. The maximum absolute atomic E-state index is 12.7. The van der Waals surface area contributed by atoms with Crippen molar-refractivity contribution < 1.29 is 9.53 Å². The van der Waals surface area contributed by atoms with E-state index in [4.69, 9.17) is 16.3 Å². The minimum atomic E-state index is -0.317. The summed E-state index contributed by atoms with van der Waals surface area (Å²) in [6.45, 7) is 1.75. The second kappa shape index (κ2) is 8.22. The van der Waals surface area contributed by atoms with E-state index in [1.165, 1.54) is 23.0 Å². The van der Waals surface area contributed by atoms with Crippen LogP contribution in [0.15, 0.2) is 71.7 Å². The Balaban J connectivity index is 1.47. The van der Waals surface area contributed by atoms with Crippen LogP contribution in [0.4, 0.5) is 5.69 Å². The fraction of sp³-hybridized carbons (Fsp3) is 0.0476. The van der Waals surface area contributed by atoms with Crippen molar-refractivity contribution in [2.24, 2.45) is 0 Å². The van der Waals surface area contributed by atoms with E-state index < -0.39 is 0 Å². The lowest BCUT2D eigenvalue weighted by Gasteiger charge is -2.09. The standard InChI is InChI=1S/C21H16ClN5O3/c1-13-16(12-23-27(13)19-10-11-20(28)26-25-19)21(29)24-14-6-8-15(9-7-14)30-18-5-3-2-4-17(18)22/h2-12H,1H3,(H,24,29)(H,26,28). The number of hydrogen-bond donors (Lipinski definition) is 2. The summed E-state index contributed by atoms with van der Waals surface area (Å²) in [6.07, 6.45) is 1.45. The Morgan fingerprint density at radius 3 is 2.57 bits per heavy atom. The topological polar surface area (TPSA) is 102 Å². The summed E-state index contributed by atoms with van der Waals surface area (Å²) in [7, 11) is 0. The van der Waals surface area contributed by atoms with E-state index in [1.54, 1.807) is 43.3 Å². The molecule has 0 aliphatic heterocycles. The number of carbonyl (C=O) groups excluding carboxylic acids is 1. The van der Waals surface area contributed by atoms with Crippen LogP contribution in [0.2, 0.25) is 5.02 Å². The van der Waals surface area contributed by atoms with Gasteiger partial charge in [-0.3, -0.25) is 9.59 Å². The van der Waals surface area contributed by atoms with Crippen molar-refractivity contribution in [3.8, 4) is 17.3 Å². The van der Waals surface area contributed by atoms with Crippen LogP contribution in [0, 0.1) is 6.92 Å². The van der Waals surface area contributed by atoms with Crippen molar-refractivity contribution in [1.29, 1.82) is 0 Å².